The van der Waals surface area contributed by atoms with Crippen molar-refractivity contribution < 1.29 is 0 Å². The first-order valence-corrected chi connectivity index (χ1v) is 8.34. The van der Waals surface area contributed by atoms with E-state index in [0.717, 1.165) is 0 Å². The Morgan fingerprint density at radius 2 is 1.65 bits per heavy atom. The van der Waals surface area contributed by atoms with Crippen molar-refractivity contribution in [3.8, 4) is 0 Å². The van der Waals surface area contributed by atoms with Gasteiger partial charge in [-0.25, -0.2) is 0 Å². The highest BCUT2D eigenvalue weighted by atomic mass is 14.7. The van der Waals surface area contributed by atoms with Gasteiger partial charge in [0.05, 0.1) is 0 Å². The van der Waals surface area contributed by atoms with Gasteiger partial charge < -0.3 is 0 Å². The van der Waals surface area contributed by atoms with Gasteiger partial charge in [-0.1, -0.05) is 47.5 Å². The Hall–Kier alpha value is -0.850. The molecule has 0 unspecified atom stereocenters. The van der Waals surface area contributed by atoms with Crippen LogP contribution in [0.15, 0.2) is 6.20 Å². The molecule has 1 aromatic heterocycles. The molecule has 0 saturated heterocycles. The summed E-state index contributed by atoms with van der Waals surface area (Å²) in [7, 11) is 0. The van der Waals surface area contributed by atoms with Crippen molar-refractivity contribution >= 4 is 0 Å². The van der Waals surface area contributed by atoms with Crippen LogP contribution in [0.25, 0.3) is 0 Å². The first-order chi connectivity index (χ1) is 9.32. The number of rotatable bonds is 1. The molecule has 0 N–H and O–H groups in total. The van der Waals surface area contributed by atoms with Crippen LogP contribution in [0, 0.1) is 5.41 Å². The predicted octanol–water partition coefficient (Wildman–Crippen LogP) is 5.16. The van der Waals surface area contributed by atoms with E-state index >= 15 is 0 Å². The molecule has 3 rings (SSSR count). The van der Waals surface area contributed by atoms with Gasteiger partial charge in [0.1, 0.15) is 0 Å². The lowest BCUT2D eigenvalue weighted by molar-refractivity contribution is 0.316. The molecule has 1 aromatic rings. The summed E-state index contributed by atoms with van der Waals surface area (Å²) in [5.41, 5.74) is 6.97. The molecule has 0 aliphatic heterocycles. The zero-order chi connectivity index (χ0) is 14.5. The van der Waals surface area contributed by atoms with Crippen molar-refractivity contribution in [1.82, 2.24) is 4.98 Å². The van der Waals surface area contributed by atoms with Crippen molar-refractivity contribution in [2.24, 2.45) is 5.41 Å². The van der Waals surface area contributed by atoms with Gasteiger partial charge in [-0.2, -0.15) is 0 Å². The van der Waals surface area contributed by atoms with Gasteiger partial charge in [-0.3, -0.25) is 4.98 Å². The zero-order valence-electron chi connectivity index (χ0n) is 13.8. The minimum Gasteiger partial charge on any atom is -0.260 e. The maximum Gasteiger partial charge on any atom is 0.0464 e. The molecule has 1 spiro atoms. The molecular formula is C19H29N. The van der Waals surface area contributed by atoms with Crippen LogP contribution in [0.2, 0.25) is 0 Å². The van der Waals surface area contributed by atoms with Crippen LogP contribution in [0.5, 0.6) is 0 Å². The average molecular weight is 271 g/mol. The Kier molecular flexibility index (Phi) is 3.23. The molecule has 20 heavy (non-hydrogen) atoms. The smallest absolute Gasteiger partial charge is 0.0464 e. The molecule has 0 aromatic carbocycles. The summed E-state index contributed by atoms with van der Waals surface area (Å²) in [5.74, 6) is 0.550. The minimum atomic E-state index is 0.219. The number of pyridine rings is 1. The van der Waals surface area contributed by atoms with E-state index < -0.39 is 0 Å². The molecule has 1 heteroatoms. The van der Waals surface area contributed by atoms with E-state index in [9.17, 15) is 0 Å². The van der Waals surface area contributed by atoms with E-state index in [-0.39, 0.29) is 5.41 Å². The van der Waals surface area contributed by atoms with E-state index in [1.165, 1.54) is 49.8 Å². The van der Waals surface area contributed by atoms with Crippen molar-refractivity contribution in [2.45, 2.75) is 84.5 Å². The third-order valence-corrected chi connectivity index (χ3v) is 5.45. The monoisotopic (exact) mass is 271 g/mol. The first kappa shape index (κ1) is 14.1. The van der Waals surface area contributed by atoms with E-state index in [1.54, 1.807) is 11.1 Å². The molecule has 0 amide bonds. The van der Waals surface area contributed by atoms with Gasteiger partial charge in [0.2, 0.25) is 0 Å². The van der Waals surface area contributed by atoms with E-state index in [4.69, 9.17) is 4.98 Å². The predicted molar refractivity (Wildman–Crippen MR) is 85.3 cm³/mol. The maximum atomic E-state index is 4.87. The summed E-state index contributed by atoms with van der Waals surface area (Å²) in [5, 5.41) is 0. The lowest BCUT2D eigenvalue weighted by Crippen LogP contribution is -2.18. The maximum absolute atomic E-state index is 4.87. The fourth-order valence-corrected chi connectivity index (χ4v) is 4.44. The van der Waals surface area contributed by atoms with Gasteiger partial charge in [-0.15, -0.1) is 0 Å². The second kappa shape index (κ2) is 4.58. The molecular weight excluding hydrogens is 242 g/mol. The largest absolute Gasteiger partial charge is 0.260 e. The van der Waals surface area contributed by atoms with E-state index in [1.807, 2.05) is 0 Å². The fraction of sp³-hybridized carbons (Fsp3) is 0.737. The highest BCUT2D eigenvalue weighted by molar-refractivity contribution is 5.46. The third kappa shape index (κ3) is 2.19. The highest BCUT2D eigenvalue weighted by Crippen LogP contribution is 2.51. The van der Waals surface area contributed by atoms with Crippen LogP contribution >= 0.6 is 0 Å². The van der Waals surface area contributed by atoms with Gasteiger partial charge >= 0.3 is 0 Å². The molecule has 1 nitrogen and oxygen atoms in total. The van der Waals surface area contributed by atoms with Crippen LogP contribution in [-0.2, 0) is 18.3 Å². The highest BCUT2D eigenvalue weighted by Gasteiger charge is 2.42. The van der Waals surface area contributed by atoms with Gasteiger partial charge in [0.15, 0.2) is 0 Å². The molecule has 0 radical (unpaired) electrons. The summed E-state index contributed by atoms with van der Waals surface area (Å²) >= 11 is 0. The summed E-state index contributed by atoms with van der Waals surface area (Å²) in [6.45, 7) is 11.6. The number of hydrogen-bond acceptors (Lipinski definition) is 1. The second-order valence-corrected chi connectivity index (χ2v) is 8.48. The van der Waals surface area contributed by atoms with Crippen LogP contribution in [0.1, 0.15) is 88.6 Å². The molecule has 1 fully saturated rings. The normalized spacial score (nSPS) is 20.9. The second-order valence-electron chi connectivity index (χ2n) is 8.48. The molecule has 0 bridgehead atoms. The SMILES string of the molecule is CC(C)c1ncc(C(C)(C)C)c2c1CC1(CCCC1)C2. The quantitative estimate of drug-likeness (QED) is 0.687. The molecule has 0 atom stereocenters. The number of fused-ring (bicyclic) bond motifs is 1. The summed E-state index contributed by atoms with van der Waals surface area (Å²) in [6.07, 6.45) is 10.5. The molecule has 1 saturated carbocycles. The lowest BCUT2D eigenvalue weighted by Gasteiger charge is -2.25. The third-order valence-electron chi connectivity index (χ3n) is 5.45. The lowest BCUT2D eigenvalue weighted by atomic mass is 9.80. The Morgan fingerprint density at radius 1 is 1.05 bits per heavy atom. The molecule has 2 aliphatic carbocycles. The summed E-state index contributed by atoms with van der Waals surface area (Å²) in [4.78, 5) is 4.87. The zero-order valence-corrected chi connectivity index (χ0v) is 13.8. The van der Waals surface area contributed by atoms with Crippen molar-refractivity contribution in [3.05, 3.63) is 28.6 Å². The standard InChI is InChI=1S/C19H29N/c1-13(2)17-15-11-19(8-6-7-9-19)10-14(15)16(12-20-17)18(3,4)5/h12-13H,6-11H2,1-5H3. The Balaban J connectivity index is 2.11. The number of aromatic nitrogens is 1. The van der Waals surface area contributed by atoms with Crippen LogP contribution in [0.3, 0.4) is 0 Å². The van der Waals surface area contributed by atoms with Gasteiger partial charge in [0, 0.05) is 11.9 Å². The molecule has 110 valence electrons. The van der Waals surface area contributed by atoms with Gasteiger partial charge in [-0.05, 0) is 59.1 Å². The van der Waals surface area contributed by atoms with Crippen molar-refractivity contribution in [1.29, 1.82) is 0 Å². The topological polar surface area (TPSA) is 12.9 Å². The average Bonchev–Trinajstić information content (AvgIpc) is 2.93. The van der Waals surface area contributed by atoms with Crippen molar-refractivity contribution in [2.75, 3.05) is 0 Å². The van der Waals surface area contributed by atoms with E-state index in [0.29, 0.717) is 11.3 Å². The number of hydrogen-bond donors (Lipinski definition) is 0. The van der Waals surface area contributed by atoms with Gasteiger partial charge in [0.25, 0.3) is 0 Å². The van der Waals surface area contributed by atoms with Crippen LogP contribution in [0.4, 0.5) is 0 Å². The van der Waals surface area contributed by atoms with Crippen LogP contribution < -0.4 is 0 Å². The van der Waals surface area contributed by atoms with Crippen LogP contribution in [-0.4, -0.2) is 4.98 Å². The minimum absolute atomic E-state index is 0.219. The Labute approximate surface area is 124 Å². The first-order valence-electron chi connectivity index (χ1n) is 8.34. The molecule has 1 heterocycles. The van der Waals surface area contributed by atoms with E-state index in [2.05, 4.69) is 40.8 Å². The summed E-state index contributed by atoms with van der Waals surface area (Å²) in [6, 6.07) is 0. The summed E-state index contributed by atoms with van der Waals surface area (Å²) < 4.78 is 0. The Morgan fingerprint density at radius 3 is 2.20 bits per heavy atom. The Bertz CT molecular complexity index is 513. The number of nitrogens with zero attached hydrogens (tertiary/aromatic N) is 1. The van der Waals surface area contributed by atoms with Crippen molar-refractivity contribution in [3.63, 3.8) is 0 Å². The molecule has 2 aliphatic rings. The fourth-order valence-electron chi connectivity index (χ4n) is 4.44.